The summed E-state index contributed by atoms with van der Waals surface area (Å²) >= 11 is 0. The van der Waals surface area contributed by atoms with E-state index >= 15 is 0 Å². The van der Waals surface area contributed by atoms with Gasteiger partial charge in [-0.05, 0) is 5.41 Å². The monoisotopic (exact) mass is 274 g/mol. The topological polar surface area (TPSA) is 105 Å². The number of rotatable bonds is 7. The number of carboxylic acids is 1. The molecule has 0 aromatic carbocycles. The molecule has 110 valence electrons. The van der Waals surface area contributed by atoms with E-state index in [0.717, 1.165) is 0 Å². The maximum absolute atomic E-state index is 11.8. The van der Waals surface area contributed by atoms with Crippen LogP contribution < -0.4 is 10.6 Å². The van der Waals surface area contributed by atoms with Crippen LogP contribution in [0.1, 0.15) is 20.8 Å². The third kappa shape index (κ3) is 6.76. The van der Waals surface area contributed by atoms with Crippen molar-refractivity contribution in [1.82, 2.24) is 10.6 Å². The van der Waals surface area contributed by atoms with Crippen molar-refractivity contribution < 1.29 is 24.2 Å². The molecule has 0 radical (unpaired) electrons. The summed E-state index contributed by atoms with van der Waals surface area (Å²) in [6.45, 7) is 5.44. The highest BCUT2D eigenvalue weighted by molar-refractivity contribution is 5.99. The van der Waals surface area contributed by atoms with Crippen LogP contribution in [0, 0.1) is 11.3 Å². The lowest BCUT2D eigenvalue weighted by atomic mass is 9.80. The van der Waals surface area contributed by atoms with Crippen LogP contribution in [-0.2, 0) is 19.1 Å². The lowest BCUT2D eigenvalue weighted by Crippen LogP contribution is -2.46. The molecule has 7 heteroatoms. The molecule has 1 unspecified atom stereocenters. The van der Waals surface area contributed by atoms with Crippen molar-refractivity contribution in [1.29, 1.82) is 0 Å². The quantitative estimate of drug-likeness (QED) is 0.433. The van der Waals surface area contributed by atoms with Crippen LogP contribution in [-0.4, -0.2) is 49.7 Å². The standard InChI is InChI=1S/C12H22N2O5/c1-12(2,3)9(11(17)18)10(16)14-7-8(15)13-5-6-19-4/h9H,5-7H2,1-4H3,(H,13,15)(H,14,16)(H,17,18). The first kappa shape index (κ1) is 17.4. The van der Waals surface area contributed by atoms with Crippen molar-refractivity contribution in [3.05, 3.63) is 0 Å². The average molecular weight is 274 g/mol. The molecule has 0 saturated carbocycles. The number of aliphatic carboxylic acids is 1. The maximum atomic E-state index is 11.8. The highest BCUT2D eigenvalue weighted by Gasteiger charge is 2.37. The van der Waals surface area contributed by atoms with Gasteiger partial charge in [0.05, 0.1) is 13.2 Å². The van der Waals surface area contributed by atoms with E-state index in [1.807, 2.05) is 0 Å². The lowest BCUT2D eigenvalue weighted by Gasteiger charge is -2.25. The molecule has 0 rings (SSSR count). The fraction of sp³-hybridized carbons (Fsp3) is 0.750. The summed E-state index contributed by atoms with van der Waals surface area (Å²) in [5.74, 6) is -3.45. The van der Waals surface area contributed by atoms with Crippen molar-refractivity contribution in [3.63, 3.8) is 0 Å². The normalized spacial score (nSPS) is 12.6. The van der Waals surface area contributed by atoms with Crippen molar-refractivity contribution >= 4 is 17.8 Å². The van der Waals surface area contributed by atoms with E-state index < -0.39 is 23.2 Å². The number of methoxy groups -OCH3 is 1. The maximum Gasteiger partial charge on any atom is 0.316 e. The largest absolute Gasteiger partial charge is 0.481 e. The summed E-state index contributed by atoms with van der Waals surface area (Å²) < 4.78 is 4.75. The Morgan fingerprint density at radius 1 is 1.21 bits per heavy atom. The van der Waals surface area contributed by atoms with Gasteiger partial charge in [0.1, 0.15) is 5.92 Å². The van der Waals surface area contributed by atoms with E-state index in [4.69, 9.17) is 9.84 Å². The summed E-state index contributed by atoms with van der Waals surface area (Å²) in [5.41, 5.74) is -0.720. The highest BCUT2D eigenvalue weighted by atomic mass is 16.5. The fourth-order valence-corrected chi connectivity index (χ4v) is 1.50. The van der Waals surface area contributed by atoms with Gasteiger partial charge in [0, 0.05) is 13.7 Å². The Bertz CT molecular complexity index is 336. The third-order valence-electron chi connectivity index (χ3n) is 2.43. The molecule has 0 fully saturated rings. The molecule has 0 aliphatic rings. The summed E-state index contributed by atoms with van der Waals surface area (Å²) in [7, 11) is 1.51. The van der Waals surface area contributed by atoms with E-state index in [9.17, 15) is 14.4 Å². The first-order chi connectivity index (χ1) is 8.70. The van der Waals surface area contributed by atoms with Crippen molar-refractivity contribution in [2.75, 3.05) is 26.8 Å². The van der Waals surface area contributed by atoms with Crippen LogP contribution in [0.4, 0.5) is 0 Å². The van der Waals surface area contributed by atoms with Crippen LogP contribution in [0.15, 0.2) is 0 Å². The minimum Gasteiger partial charge on any atom is -0.481 e. The Morgan fingerprint density at radius 2 is 1.79 bits per heavy atom. The molecule has 0 aliphatic carbocycles. The van der Waals surface area contributed by atoms with Gasteiger partial charge in [0.2, 0.25) is 11.8 Å². The Morgan fingerprint density at radius 3 is 2.21 bits per heavy atom. The molecule has 0 aromatic heterocycles. The van der Waals surface area contributed by atoms with E-state index in [1.165, 1.54) is 7.11 Å². The van der Waals surface area contributed by atoms with E-state index in [-0.39, 0.29) is 12.5 Å². The number of nitrogens with one attached hydrogen (secondary N) is 2. The molecule has 0 saturated heterocycles. The predicted molar refractivity (Wildman–Crippen MR) is 68.5 cm³/mol. The summed E-state index contributed by atoms with van der Waals surface area (Å²) in [6.07, 6.45) is 0. The highest BCUT2D eigenvalue weighted by Crippen LogP contribution is 2.26. The second-order valence-corrected chi connectivity index (χ2v) is 5.20. The van der Waals surface area contributed by atoms with Crippen LogP contribution >= 0.6 is 0 Å². The first-order valence-corrected chi connectivity index (χ1v) is 5.96. The predicted octanol–water partition coefficient (Wildman–Crippen LogP) is -0.388. The number of ether oxygens (including phenoxy) is 1. The average Bonchev–Trinajstić information content (AvgIpc) is 2.24. The van der Waals surface area contributed by atoms with Crippen molar-refractivity contribution in [2.45, 2.75) is 20.8 Å². The van der Waals surface area contributed by atoms with Gasteiger partial charge in [0.25, 0.3) is 0 Å². The van der Waals surface area contributed by atoms with Gasteiger partial charge in [0.15, 0.2) is 0 Å². The zero-order valence-electron chi connectivity index (χ0n) is 11.8. The Labute approximate surface area is 112 Å². The van der Waals surface area contributed by atoms with Crippen LogP contribution in [0.2, 0.25) is 0 Å². The number of carbonyl (C=O) groups excluding carboxylic acids is 2. The molecule has 0 bridgehead atoms. The Kier molecular flexibility index (Phi) is 7.06. The van der Waals surface area contributed by atoms with Crippen LogP contribution in [0.5, 0.6) is 0 Å². The second kappa shape index (κ2) is 7.73. The van der Waals surface area contributed by atoms with Gasteiger partial charge in [-0.3, -0.25) is 14.4 Å². The molecule has 0 aromatic rings. The zero-order chi connectivity index (χ0) is 15.1. The molecule has 0 aliphatic heterocycles. The molecule has 0 spiro atoms. The second-order valence-electron chi connectivity index (χ2n) is 5.20. The van der Waals surface area contributed by atoms with Crippen molar-refractivity contribution in [3.8, 4) is 0 Å². The summed E-state index contributed by atoms with van der Waals surface area (Å²) in [5, 5.41) is 13.9. The molecule has 19 heavy (non-hydrogen) atoms. The minimum absolute atomic E-state index is 0.248. The van der Waals surface area contributed by atoms with Gasteiger partial charge in [-0.1, -0.05) is 20.8 Å². The van der Waals surface area contributed by atoms with Gasteiger partial charge in [-0.25, -0.2) is 0 Å². The van der Waals surface area contributed by atoms with Crippen LogP contribution in [0.3, 0.4) is 0 Å². The number of hydrogen-bond donors (Lipinski definition) is 3. The number of carboxylic acid groups (broad SMARTS) is 1. The van der Waals surface area contributed by atoms with Gasteiger partial charge < -0.3 is 20.5 Å². The Hall–Kier alpha value is -1.63. The molecule has 0 heterocycles. The van der Waals surface area contributed by atoms with Crippen molar-refractivity contribution in [2.24, 2.45) is 11.3 Å². The van der Waals surface area contributed by atoms with E-state index in [0.29, 0.717) is 13.2 Å². The molecular weight excluding hydrogens is 252 g/mol. The third-order valence-corrected chi connectivity index (χ3v) is 2.43. The molecule has 2 amide bonds. The minimum atomic E-state index is -1.20. The number of hydrogen-bond acceptors (Lipinski definition) is 4. The van der Waals surface area contributed by atoms with Crippen LogP contribution in [0.25, 0.3) is 0 Å². The number of amides is 2. The van der Waals surface area contributed by atoms with E-state index in [2.05, 4.69) is 10.6 Å². The molecule has 1 atom stereocenters. The summed E-state index contributed by atoms with van der Waals surface area (Å²) in [6, 6.07) is 0. The summed E-state index contributed by atoms with van der Waals surface area (Å²) in [4.78, 5) is 34.2. The SMILES string of the molecule is COCCNC(=O)CNC(=O)C(C(=O)O)C(C)(C)C. The zero-order valence-corrected chi connectivity index (χ0v) is 11.8. The lowest BCUT2D eigenvalue weighted by molar-refractivity contribution is -0.152. The molecular formula is C12H22N2O5. The Balaban J connectivity index is 4.28. The first-order valence-electron chi connectivity index (χ1n) is 5.96. The number of carbonyl (C=O) groups is 3. The molecule has 3 N–H and O–H groups in total. The van der Waals surface area contributed by atoms with Gasteiger partial charge in [-0.15, -0.1) is 0 Å². The smallest absolute Gasteiger partial charge is 0.316 e. The van der Waals surface area contributed by atoms with Gasteiger partial charge >= 0.3 is 5.97 Å². The van der Waals surface area contributed by atoms with Gasteiger partial charge in [-0.2, -0.15) is 0 Å². The molecule has 7 nitrogen and oxygen atoms in total. The fourth-order valence-electron chi connectivity index (χ4n) is 1.50. The van der Waals surface area contributed by atoms with E-state index in [1.54, 1.807) is 20.8 Å².